The molecule has 1 atom stereocenters. The predicted octanol–water partition coefficient (Wildman–Crippen LogP) is 3.18. The summed E-state index contributed by atoms with van der Waals surface area (Å²) in [5.74, 6) is -0.732. The summed E-state index contributed by atoms with van der Waals surface area (Å²) >= 11 is 0. The van der Waals surface area contributed by atoms with Gasteiger partial charge in [-0.05, 0) is 55.6 Å². The highest BCUT2D eigenvalue weighted by molar-refractivity contribution is 5.20. The molecule has 0 radical (unpaired) electrons. The average Bonchev–Trinajstić information content (AvgIpc) is 2.64. The molecule has 1 aliphatic rings. The van der Waals surface area contributed by atoms with Crippen molar-refractivity contribution in [1.82, 2.24) is 9.88 Å². The number of β-amino-alcohol motifs (C(OH)–C–C–N with tert-alkyl or cyclic N) is 1. The normalized spacial score (nSPS) is 17.4. The molecule has 3 rings (SSSR count). The molecule has 0 spiro atoms. The van der Waals surface area contributed by atoms with Crippen molar-refractivity contribution in [2.75, 3.05) is 26.2 Å². The minimum absolute atomic E-state index is 0.402. The minimum Gasteiger partial charge on any atom is -0.477 e. The number of benzene rings is 1. The summed E-state index contributed by atoms with van der Waals surface area (Å²) in [6, 6.07) is 9.13. The highest BCUT2D eigenvalue weighted by Gasteiger charge is 2.22. The molecule has 1 aromatic carbocycles. The number of piperidine rings is 1. The molecule has 4 nitrogen and oxygen atoms in total. The second-order valence-corrected chi connectivity index (χ2v) is 6.41. The fourth-order valence-electron chi connectivity index (χ4n) is 3.04. The third-order valence-corrected chi connectivity index (χ3v) is 4.57. The molecular weight excluding hydrogens is 326 g/mol. The summed E-state index contributed by atoms with van der Waals surface area (Å²) in [7, 11) is 0. The van der Waals surface area contributed by atoms with E-state index in [4.69, 9.17) is 4.74 Å². The van der Waals surface area contributed by atoms with E-state index in [0.717, 1.165) is 38.1 Å². The second kappa shape index (κ2) is 8.36. The van der Waals surface area contributed by atoms with Gasteiger partial charge in [0.2, 0.25) is 5.88 Å². The Labute approximate surface area is 146 Å². The first-order chi connectivity index (χ1) is 12.1. The van der Waals surface area contributed by atoms with Crippen molar-refractivity contribution in [3.8, 4) is 5.88 Å². The molecule has 0 saturated carbocycles. The minimum atomic E-state index is -0.929. The molecule has 2 heterocycles. The number of pyridine rings is 1. The van der Waals surface area contributed by atoms with Crippen LogP contribution < -0.4 is 4.74 Å². The van der Waals surface area contributed by atoms with Gasteiger partial charge < -0.3 is 14.7 Å². The Morgan fingerprint density at radius 2 is 1.96 bits per heavy atom. The summed E-state index contributed by atoms with van der Waals surface area (Å²) in [6.45, 7) is 2.74. The molecule has 1 N–H and O–H groups in total. The van der Waals surface area contributed by atoms with Crippen molar-refractivity contribution >= 4 is 0 Å². The lowest BCUT2D eigenvalue weighted by Crippen LogP contribution is -2.38. The zero-order valence-corrected chi connectivity index (χ0v) is 13.9. The number of rotatable bonds is 6. The summed E-state index contributed by atoms with van der Waals surface area (Å²) in [5, 5.41) is 10.2. The third kappa shape index (κ3) is 4.96. The number of aliphatic hydroxyl groups excluding tert-OH is 1. The monoisotopic (exact) mass is 348 g/mol. The van der Waals surface area contributed by atoms with Crippen LogP contribution >= 0.6 is 0 Å². The quantitative estimate of drug-likeness (QED) is 0.871. The third-order valence-electron chi connectivity index (χ3n) is 4.57. The number of nitrogens with zero attached hydrogens (tertiary/aromatic N) is 2. The molecule has 2 aromatic rings. The Kier molecular flexibility index (Phi) is 5.94. The molecule has 25 heavy (non-hydrogen) atoms. The summed E-state index contributed by atoms with van der Waals surface area (Å²) in [4.78, 5) is 6.28. The first-order valence-corrected chi connectivity index (χ1v) is 8.51. The summed E-state index contributed by atoms with van der Waals surface area (Å²) < 4.78 is 32.0. The van der Waals surface area contributed by atoms with Gasteiger partial charge >= 0.3 is 0 Å². The van der Waals surface area contributed by atoms with Crippen LogP contribution in [-0.2, 0) is 0 Å². The number of likely N-dealkylation sites (tertiary alicyclic amines) is 1. The topological polar surface area (TPSA) is 45.6 Å². The van der Waals surface area contributed by atoms with Crippen LogP contribution in [0.15, 0.2) is 42.6 Å². The van der Waals surface area contributed by atoms with Crippen LogP contribution in [0.2, 0.25) is 0 Å². The Bertz CT molecular complexity index is 676. The van der Waals surface area contributed by atoms with Crippen LogP contribution in [0.1, 0.15) is 24.5 Å². The van der Waals surface area contributed by atoms with Gasteiger partial charge in [0.1, 0.15) is 0 Å². The van der Waals surface area contributed by atoms with E-state index in [9.17, 15) is 13.9 Å². The first-order valence-electron chi connectivity index (χ1n) is 8.51. The summed E-state index contributed by atoms with van der Waals surface area (Å²) in [5.41, 5.74) is 0.402. The molecule has 134 valence electrons. The molecule has 0 bridgehead atoms. The standard InChI is InChI=1S/C19H22F2N2O2/c20-16-5-4-15(11-17(16)21)18(24)12-23-9-6-14(7-10-23)13-25-19-3-1-2-8-22-19/h1-5,8,11,14,18,24H,6-7,9-10,12-13H2. The van der Waals surface area contributed by atoms with Crippen LogP contribution in [0.5, 0.6) is 5.88 Å². The predicted molar refractivity (Wildman–Crippen MR) is 90.2 cm³/mol. The number of aromatic nitrogens is 1. The highest BCUT2D eigenvalue weighted by Crippen LogP contribution is 2.22. The van der Waals surface area contributed by atoms with Crippen molar-refractivity contribution in [2.45, 2.75) is 18.9 Å². The number of halogens is 2. The lowest BCUT2D eigenvalue weighted by molar-refractivity contribution is 0.0786. The zero-order valence-electron chi connectivity index (χ0n) is 13.9. The van der Waals surface area contributed by atoms with E-state index in [1.165, 1.54) is 6.07 Å². The Balaban J connectivity index is 1.43. The number of aliphatic hydroxyl groups is 1. The van der Waals surface area contributed by atoms with Gasteiger partial charge in [-0.2, -0.15) is 0 Å². The van der Waals surface area contributed by atoms with E-state index in [1.54, 1.807) is 6.20 Å². The van der Waals surface area contributed by atoms with Gasteiger partial charge in [-0.25, -0.2) is 13.8 Å². The van der Waals surface area contributed by atoms with E-state index in [2.05, 4.69) is 9.88 Å². The Hall–Kier alpha value is -2.05. The smallest absolute Gasteiger partial charge is 0.213 e. The highest BCUT2D eigenvalue weighted by atomic mass is 19.2. The Morgan fingerprint density at radius 1 is 1.16 bits per heavy atom. The van der Waals surface area contributed by atoms with Crippen LogP contribution in [0.25, 0.3) is 0 Å². The van der Waals surface area contributed by atoms with Crippen molar-refractivity contribution in [1.29, 1.82) is 0 Å². The van der Waals surface area contributed by atoms with Gasteiger partial charge in [0.25, 0.3) is 0 Å². The SMILES string of the molecule is OC(CN1CCC(COc2ccccn2)CC1)c1ccc(F)c(F)c1. The van der Waals surface area contributed by atoms with E-state index >= 15 is 0 Å². The number of hydrogen-bond acceptors (Lipinski definition) is 4. The lowest BCUT2D eigenvalue weighted by Gasteiger charge is -2.33. The molecular formula is C19H22F2N2O2. The van der Waals surface area contributed by atoms with Crippen molar-refractivity contribution in [3.05, 3.63) is 59.8 Å². The second-order valence-electron chi connectivity index (χ2n) is 6.41. The maximum atomic E-state index is 13.3. The fraction of sp³-hybridized carbons (Fsp3) is 0.421. The van der Waals surface area contributed by atoms with Crippen molar-refractivity contribution in [2.24, 2.45) is 5.92 Å². The number of ether oxygens (including phenoxy) is 1. The maximum absolute atomic E-state index is 13.3. The maximum Gasteiger partial charge on any atom is 0.213 e. The fourth-order valence-corrected chi connectivity index (χ4v) is 3.04. The molecule has 1 saturated heterocycles. The molecule has 6 heteroatoms. The molecule has 1 unspecified atom stereocenters. The number of hydrogen-bond donors (Lipinski definition) is 1. The molecule has 0 amide bonds. The van der Waals surface area contributed by atoms with Crippen molar-refractivity contribution < 1.29 is 18.6 Å². The summed E-state index contributed by atoms with van der Waals surface area (Å²) in [6.07, 6.45) is 2.82. The zero-order chi connectivity index (χ0) is 17.6. The van der Waals surface area contributed by atoms with Crippen molar-refractivity contribution in [3.63, 3.8) is 0 Å². The van der Waals surface area contributed by atoms with E-state index < -0.39 is 17.7 Å². The van der Waals surface area contributed by atoms with Crippen LogP contribution in [-0.4, -0.2) is 41.2 Å². The van der Waals surface area contributed by atoms with E-state index in [0.29, 0.717) is 30.5 Å². The van der Waals surface area contributed by atoms with Gasteiger partial charge in [0, 0.05) is 18.8 Å². The average molecular weight is 348 g/mol. The van der Waals surface area contributed by atoms with E-state index in [-0.39, 0.29) is 0 Å². The van der Waals surface area contributed by atoms with Crippen LogP contribution in [0, 0.1) is 17.6 Å². The molecule has 1 aliphatic heterocycles. The van der Waals surface area contributed by atoms with Crippen LogP contribution in [0.3, 0.4) is 0 Å². The van der Waals surface area contributed by atoms with Gasteiger partial charge in [-0.3, -0.25) is 0 Å². The van der Waals surface area contributed by atoms with Gasteiger partial charge in [0.15, 0.2) is 11.6 Å². The van der Waals surface area contributed by atoms with Gasteiger partial charge in [0.05, 0.1) is 12.7 Å². The van der Waals surface area contributed by atoms with Gasteiger partial charge in [-0.1, -0.05) is 12.1 Å². The molecule has 0 aliphatic carbocycles. The molecule has 1 aromatic heterocycles. The van der Waals surface area contributed by atoms with Crippen LogP contribution in [0.4, 0.5) is 8.78 Å². The Morgan fingerprint density at radius 3 is 2.64 bits per heavy atom. The van der Waals surface area contributed by atoms with E-state index in [1.807, 2.05) is 18.2 Å². The molecule has 1 fully saturated rings. The lowest BCUT2D eigenvalue weighted by atomic mass is 9.97. The van der Waals surface area contributed by atoms with Gasteiger partial charge in [-0.15, -0.1) is 0 Å². The first kappa shape index (κ1) is 17.8. The largest absolute Gasteiger partial charge is 0.477 e.